The van der Waals surface area contributed by atoms with Crippen LogP contribution < -0.4 is 4.74 Å². The van der Waals surface area contributed by atoms with Crippen molar-refractivity contribution in [2.45, 2.75) is 24.7 Å². The zero-order valence-electron chi connectivity index (χ0n) is 11.9. The summed E-state index contributed by atoms with van der Waals surface area (Å²) in [6, 6.07) is 6.24. The van der Waals surface area contributed by atoms with Crippen molar-refractivity contribution in [1.29, 1.82) is 0 Å². The molecule has 0 aliphatic heterocycles. The lowest BCUT2D eigenvalue weighted by atomic mass is 10.1. The molecule has 2 aromatic rings. The SMILES string of the molecule is CC(C)c1c(Cl)ncnc1Oc1cccc(S(C)(=O)=O)c1. The normalized spacial score (nSPS) is 11.7. The van der Waals surface area contributed by atoms with Crippen molar-refractivity contribution < 1.29 is 13.2 Å². The summed E-state index contributed by atoms with van der Waals surface area (Å²) in [5.74, 6) is 0.789. The van der Waals surface area contributed by atoms with Crippen LogP contribution in [0.3, 0.4) is 0 Å². The van der Waals surface area contributed by atoms with Crippen LogP contribution in [0, 0.1) is 0 Å². The van der Waals surface area contributed by atoms with Crippen LogP contribution in [0.25, 0.3) is 0 Å². The molecule has 0 atom stereocenters. The Hall–Kier alpha value is -1.66. The minimum atomic E-state index is -3.29. The van der Waals surface area contributed by atoms with Gasteiger partial charge in [0.2, 0.25) is 5.88 Å². The van der Waals surface area contributed by atoms with E-state index in [9.17, 15) is 8.42 Å². The maximum atomic E-state index is 11.6. The number of aromatic nitrogens is 2. The molecule has 21 heavy (non-hydrogen) atoms. The predicted octanol–water partition coefficient (Wildman–Crippen LogP) is 3.45. The van der Waals surface area contributed by atoms with E-state index < -0.39 is 9.84 Å². The van der Waals surface area contributed by atoms with Gasteiger partial charge < -0.3 is 4.74 Å². The molecular weight excluding hydrogens is 312 g/mol. The molecule has 1 heterocycles. The van der Waals surface area contributed by atoms with E-state index in [1.54, 1.807) is 12.1 Å². The molecule has 0 amide bonds. The molecule has 0 N–H and O–H groups in total. The molecule has 1 aromatic carbocycles. The van der Waals surface area contributed by atoms with Crippen molar-refractivity contribution in [2.75, 3.05) is 6.26 Å². The van der Waals surface area contributed by atoms with Gasteiger partial charge in [0.25, 0.3) is 0 Å². The highest BCUT2D eigenvalue weighted by atomic mass is 35.5. The second-order valence-corrected chi connectivity index (χ2v) is 7.26. The molecule has 0 radical (unpaired) electrons. The summed E-state index contributed by atoms with van der Waals surface area (Å²) < 4.78 is 28.8. The Morgan fingerprint density at radius 1 is 1.24 bits per heavy atom. The summed E-state index contributed by atoms with van der Waals surface area (Å²) >= 11 is 6.07. The van der Waals surface area contributed by atoms with Crippen molar-refractivity contribution in [1.82, 2.24) is 9.97 Å². The largest absolute Gasteiger partial charge is 0.439 e. The molecule has 0 aliphatic carbocycles. The first-order valence-corrected chi connectivity index (χ1v) is 8.54. The lowest BCUT2D eigenvalue weighted by Gasteiger charge is -2.13. The molecule has 112 valence electrons. The molecule has 0 bridgehead atoms. The van der Waals surface area contributed by atoms with E-state index in [0.29, 0.717) is 22.3 Å². The van der Waals surface area contributed by atoms with Crippen molar-refractivity contribution >= 4 is 21.4 Å². The van der Waals surface area contributed by atoms with Gasteiger partial charge >= 0.3 is 0 Å². The third kappa shape index (κ3) is 3.71. The van der Waals surface area contributed by atoms with Crippen molar-refractivity contribution in [2.24, 2.45) is 0 Å². The van der Waals surface area contributed by atoms with E-state index in [0.717, 1.165) is 6.26 Å². The lowest BCUT2D eigenvalue weighted by molar-refractivity contribution is 0.449. The van der Waals surface area contributed by atoms with Gasteiger partial charge in [-0.3, -0.25) is 0 Å². The van der Waals surface area contributed by atoms with Crippen molar-refractivity contribution in [3.05, 3.63) is 41.3 Å². The van der Waals surface area contributed by atoms with Crippen LogP contribution in [0.15, 0.2) is 35.5 Å². The average molecular weight is 327 g/mol. The molecule has 0 fully saturated rings. The molecule has 7 heteroatoms. The highest BCUT2D eigenvalue weighted by Crippen LogP contribution is 2.33. The van der Waals surface area contributed by atoms with Crippen molar-refractivity contribution in [3.63, 3.8) is 0 Å². The van der Waals surface area contributed by atoms with Crippen molar-refractivity contribution in [3.8, 4) is 11.6 Å². The quantitative estimate of drug-likeness (QED) is 0.805. The van der Waals surface area contributed by atoms with E-state index in [-0.39, 0.29) is 10.8 Å². The molecule has 0 unspecified atom stereocenters. The third-order valence-corrected chi connectivity index (χ3v) is 4.24. The molecule has 0 saturated carbocycles. The summed E-state index contributed by atoms with van der Waals surface area (Å²) in [5.41, 5.74) is 0.684. The summed E-state index contributed by atoms with van der Waals surface area (Å²) in [5, 5.41) is 0.328. The number of hydrogen-bond donors (Lipinski definition) is 0. The summed E-state index contributed by atoms with van der Waals surface area (Å²) in [4.78, 5) is 8.20. The number of rotatable bonds is 4. The monoisotopic (exact) mass is 326 g/mol. The van der Waals surface area contributed by atoms with E-state index in [2.05, 4.69) is 9.97 Å². The minimum absolute atomic E-state index is 0.0757. The van der Waals surface area contributed by atoms with Gasteiger partial charge in [-0.05, 0) is 24.1 Å². The highest BCUT2D eigenvalue weighted by Gasteiger charge is 2.16. The standard InChI is InChI=1S/C14H15ClN2O3S/c1-9(2)12-13(15)16-8-17-14(12)20-10-5-4-6-11(7-10)21(3,18)19/h4-9H,1-3H3. The second kappa shape index (κ2) is 5.99. The first kappa shape index (κ1) is 15.7. The van der Waals surface area contributed by atoms with Gasteiger partial charge in [0.1, 0.15) is 17.2 Å². The minimum Gasteiger partial charge on any atom is -0.439 e. The summed E-state index contributed by atoms with van der Waals surface area (Å²) in [6.07, 6.45) is 2.46. The third-order valence-electron chi connectivity index (χ3n) is 2.82. The maximum absolute atomic E-state index is 11.6. The van der Waals surface area contributed by atoms with Crippen LogP contribution in [0.5, 0.6) is 11.6 Å². The maximum Gasteiger partial charge on any atom is 0.227 e. The Kier molecular flexibility index (Phi) is 4.49. The molecule has 0 spiro atoms. The van der Waals surface area contributed by atoms with Gasteiger partial charge in [-0.15, -0.1) is 0 Å². The molecule has 2 rings (SSSR count). The van der Waals surface area contributed by atoms with Gasteiger partial charge in [-0.25, -0.2) is 18.4 Å². The number of nitrogens with zero attached hydrogens (tertiary/aromatic N) is 2. The highest BCUT2D eigenvalue weighted by molar-refractivity contribution is 7.90. The van der Waals surface area contributed by atoms with Gasteiger partial charge in [-0.1, -0.05) is 31.5 Å². The zero-order chi connectivity index (χ0) is 15.6. The smallest absolute Gasteiger partial charge is 0.227 e. The number of halogens is 1. The van der Waals surface area contributed by atoms with Gasteiger partial charge in [0.15, 0.2) is 9.84 Å². The van der Waals surface area contributed by atoms with E-state index >= 15 is 0 Å². The second-order valence-electron chi connectivity index (χ2n) is 4.89. The van der Waals surface area contributed by atoms with Crippen LogP contribution in [0.4, 0.5) is 0 Å². The van der Waals surface area contributed by atoms with Gasteiger partial charge in [0, 0.05) is 6.26 Å². The lowest BCUT2D eigenvalue weighted by Crippen LogP contribution is -2.01. The first-order chi connectivity index (χ1) is 9.79. The first-order valence-electron chi connectivity index (χ1n) is 6.27. The number of ether oxygens (including phenoxy) is 1. The van der Waals surface area contributed by atoms with Crippen LogP contribution in [0.2, 0.25) is 5.15 Å². The molecule has 0 aliphatic rings. The predicted molar refractivity (Wildman–Crippen MR) is 80.8 cm³/mol. The van der Waals surface area contributed by atoms with Crippen LogP contribution in [0.1, 0.15) is 25.3 Å². The Morgan fingerprint density at radius 3 is 2.57 bits per heavy atom. The fourth-order valence-electron chi connectivity index (χ4n) is 1.81. The average Bonchev–Trinajstić information content (AvgIpc) is 2.37. The Balaban J connectivity index is 2.42. The van der Waals surface area contributed by atoms with Gasteiger partial charge in [-0.2, -0.15) is 0 Å². The summed E-state index contributed by atoms with van der Waals surface area (Å²) in [6.45, 7) is 3.90. The van der Waals surface area contributed by atoms with Crippen LogP contribution >= 0.6 is 11.6 Å². The van der Waals surface area contributed by atoms with E-state index in [4.69, 9.17) is 16.3 Å². The zero-order valence-corrected chi connectivity index (χ0v) is 13.4. The van der Waals surface area contributed by atoms with E-state index in [1.807, 2.05) is 13.8 Å². The fourth-order valence-corrected chi connectivity index (χ4v) is 2.80. The summed E-state index contributed by atoms with van der Waals surface area (Å²) in [7, 11) is -3.29. The van der Waals surface area contributed by atoms with Gasteiger partial charge in [0.05, 0.1) is 10.5 Å². The fraction of sp³-hybridized carbons (Fsp3) is 0.286. The molecule has 1 aromatic heterocycles. The van der Waals surface area contributed by atoms with Crippen LogP contribution in [-0.2, 0) is 9.84 Å². The molecule has 5 nitrogen and oxygen atoms in total. The Bertz CT molecular complexity index is 761. The topological polar surface area (TPSA) is 69.2 Å². The van der Waals surface area contributed by atoms with Crippen LogP contribution in [-0.4, -0.2) is 24.6 Å². The molecular formula is C14H15ClN2O3S. The number of sulfone groups is 1. The number of benzene rings is 1. The Morgan fingerprint density at radius 2 is 1.95 bits per heavy atom. The number of hydrogen-bond acceptors (Lipinski definition) is 5. The Labute approximate surface area is 128 Å². The van der Waals surface area contributed by atoms with E-state index in [1.165, 1.54) is 18.5 Å². The molecule has 0 saturated heterocycles.